The molecule has 0 bridgehead atoms. The van der Waals surface area contributed by atoms with Gasteiger partial charge in [-0.3, -0.25) is 9.59 Å². The third-order valence-corrected chi connectivity index (χ3v) is 4.59. The van der Waals surface area contributed by atoms with E-state index in [0.29, 0.717) is 18.1 Å². The summed E-state index contributed by atoms with van der Waals surface area (Å²) in [7, 11) is 0. The lowest BCUT2D eigenvalue weighted by molar-refractivity contribution is -0.144. The van der Waals surface area contributed by atoms with Crippen LogP contribution in [0.5, 0.6) is 0 Å². The van der Waals surface area contributed by atoms with Gasteiger partial charge >= 0.3 is 11.9 Å². The maximum Gasteiger partial charge on any atom is 0.325 e. The number of hydrogen-bond donors (Lipinski definition) is 0. The molecule has 2 atom stereocenters. The Kier molecular flexibility index (Phi) is 9.81. The van der Waals surface area contributed by atoms with Crippen LogP contribution in [0.2, 0.25) is 0 Å². The Labute approximate surface area is 166 Å². The number of carbonyl (C=O) groups excluding carboxylic acids is 2. The molecule has 0 spiro atoms. The summed E-state index contributed by atoms with van der Waals surface area (Å²) in [6, 6.07) is 3.48. The smallest absolute Gasteiger partial charge is 0.325 e. The van der Waals surface area contributed by atoms with E-state index in [2.05, 4.69) is 13.8 Å². The van der Waals surface area contributed by atoms with Crippen molar-refractivity contribution in [3.05, 3.63) is 22.9 Å². The van der Waals surface area contributed by atoms with E-state index in [9.17, 15) is 9.59 Å². The molecule has 7 heteroatoms. The number of carbonyl (C=O) groups is 2. The predicted octanol–water partition coefficient (Wildman–Crippen LogP) is 4.41. The van der Waals surface area contributed by atoms with Gasteiger partial charge in [0.25, 0.3) is 0 Å². The van der Waals surface area contributed by atoms with Crippen molar-refractivity contribution >= 4 is 11.9 Å². The van der Waals surface area contributed by atoms with Crippen molar-refractivity contribution in [1.82, 2.24) is 0 Å². The van der Waals surface area contributed by atoms with Gasteiger partial charge in [-0.25, -0.2) is 0 Å². The average molecular weight is 388 g/mol. The van der Waals surface area contributed by atoms with Gasteiger partial charge in [-0.1, -0.05) is 39.5 Å². The van der Waals surface area contributed by atoms with E-state index in [-0.39, 0.29) is 17.6 Å². The molecule has 0 saturated carbocycles. The van der Waals surface area contributed by atoms with Crippen molar-refractivity contribution in [2.75, 3.05) is 0 Å². The second-order valence-electron chi connectivity index (χ2n) is 6.74. The molecule has 0 saturated heterocycles. The molecule has 0 radical (unpaired) electrons. The van der Waals surface area contributed by atoms with Crippen LogP contribution < -0.4 is 0 Å². The summed E-state index contributed by atoms with van der Waals surface area (Å²) >= 11 is 0. The molecular weight excluding hydrogens is 360 g/mol. The monoisotopic (exact) mass is 388 g/mol. The van der Waals surface area contributed by atoms with Gasteiger partial charge in [0.15, 0.2) is 5.76 Å². The van der Waals surface area contributed by atoms with Gasteiger partial charge in [0.05, 0.1) is 12.1 Å². The zero-order valence-electron chi connectivity index (χ0n) is 17.0. The Morgan fingerprint density at radius 1 is 1.11 bits per heavy atom. The van der Waals surface area contributed by atoms with Crippen LogP contribution in [-0.4, -0.2) is 18.0 Å². The van der Waals surface area contributed by atoms with Gasteiger partial charge in [-0.05, 0) is 26.2 Å². The van der Waals surface area contributed by atoms with Crippen LogP contribution in [0.1, 0.15) is 72.6 Å². The molecule has 1 aliphatic rings. The van der Waals surface area contributed by atoms with E-state index >= 15 is 0 Å². The Morgan fingerprint density at radius 2 is 1.68 bits per heavy atom. The third kappa shape index (κ3) is 6.74. The van der Waals surface area contributed by atoms with Crippen molar-refractivity contribution in [2.45, 2.75) is 78.7 Å². The molecule has 152 valence electrons. The Morgan fingerprint density at radius 3 is 2.18 bits per heavy atom. The summed E-state index contributed by atoms with van der Waals surface area (Å²) in [6.45, 7) is 7.68. The molecule has 2 unspecified atom stereocenters. The highest BCUT2D eigenvalue weighted by Gasteiger charge is 2.33. The number of hydrogen-bond acceptors (Lipinski definition) is 7. The summed E-state index contributed by atoms with van der Waals surface area (Å²) in [5, 5.41) is 17.5. The molecule has 0 amide bonds. The number of nitriles is 2. The highest BCUT2D eigenvalue weighted by atomic mass is 16.6. The lowest BCUT2D eigenvalue weighted by atomic mass is 9.88. The van der Waals surface area contributed by atoms with Crippen molar-refractivity contribution in [1.29, 1.82) is 10.5 Å². The minimum Gasteiger partial charge on any atom is -0.487 e. The van der Waals surface area contributed by atoms with Gasteiger partial charge < -0.3 is 14.2 Å². The molecule has 0 aromatic rings. The van der Waals surface area contributed by atoms with Crippen LogP contribution in [-0.2, 0) is 23.8 Å². The minimum absolute atomic E-state index is 0.00462. The molecule has 1 rings (SSSR count). The van der Waals surface area contributed by atoms with Crippen molar-refractivity contribution in [2.24, 2.45) is 5.92 Å². The van der Waals surface area contributed by atoms with E-state index in [4.69, 9.17) is 24.7 Å². The number of nitrogens with zero attached hydrogens (tertiary/aromatic N) is 2. The predicted molar refractivity (Wildman–Crippen MR) is 101 cm³/mol. The number of unbranched alkanes of at least 4 members (excludes halogenated alkanes) is 1. The summed E-state index contributed by atoms with van der Waals surface area (Å²) in [4.78, 5) is 23.9. The van der Waals surface area contributed by atoms with Crippen LogP contribution in [0.4, 0.5) is 0 Å². The molecule has 1 heterocycles. The highest BCUT2D eigenvalue weighted by Crippen LogP contribution is 2.36. The highest BCUT2D eigenvalue weighted by molar-refractivity contribution is 5.76. The normalized spacial score (nSPS) is 17.3. The molecule has 0 aromatic heterocycles. The van der Waals surface area contributed by atoms with Gasteiger partial charge in [0.2, 0.25) is 5.76 Å². The molecule has 0 aliphatic carbocycles. The van der Waals surface area contributed by atoms with Crippen LogP contribution in [0.25, 0.3) is 0 Å². The zero-order valence-corrected chi connectivity index (χ0v) is 17.0. The quantitative estimate of drug-likeness (QED) is 0.510. The minimum atomic E-state index is -0.763. The Bertz CT molecular complexity index is 724. The molecule has 0 fully saturated rings. The van der Waals surface area contributed by atoms with E-state index in [1.54, 1.807) is 19.1 Å². The largest absolute Gasteiger partial charge is 0.487 e. The van der Waals surface area contributed by atoms with E-state index < -0.39 is 24.8 Å². The van der Waals surface area contributed by atoms with Gasteiger partial charge in [-0.15, -0.1) is 0 Å². The lowest BCUT2D eigenvalue weighted by Crippen LogP contribution is -2.26. The first-order valence-electron chi connectivity index (χ1n) is 9.63. The standard InChI is InChI=1S/C21H28N2O5/c1-5-7-8-16(6-2)13-17-14(3)26-15(4)20(27-18(24)9-11-22)21(17)28-19(25)10-12-23/h14,16H,5-10,13H2,1-4H3. The average Bonchev–Trinajstić information content (AvgIpc) is 2.64. The molecular formula is C21H28N2O5. The van der Waals surface area contributed by atoms with Crippen LogP contribution in [0, 0.1) is 28.6 Å². The summed E-state index contributed by atoms with van der Waals surface area (Å²) in [6.07, 6.45) is 3.55. The second kappa shape index (κ2) is 11.8. The maximum absolute atomic E-state index is 12.0. The number of allylic oxidation sites excluding steroid dienone is 1. The van der Waals surface area contributed by atoms with Crippen LogP contribution in [0.15, 0.2) is 22.9 Å². The zero-order chi connectivity index (χ0) is 21.1. The third-order valence-electron chi connectivity index (χ3n) is 4.59. The van der Waals surface area contributed by atoms with Crippen molar-refractivity contribution < 1.29 is 23.8 Å². The first-order valence-corrected chi connectivity index (χ1v) is 9.63. The molecule has 28 heavy (non-hydrogen) atoms. The van der Waals surface area contributed by atoms with Gasteiger partial charge in [-0.2, -0.15) is 10.5 Å². The second-order valence-corrected chi connectivity index (χ2v) is 6.74. The van der Waals surface area contributed by atoms with E-state index in [1.165, 1.54) is 0 Å². The first-order chi connectivity index (χ1) is 13.4. The fraction of sp³-hybridized carbons (Fsp3) is 0.619. The topological polar surface area (TPSA) is 109 Å². The lowest BCUT2D eigenvalue weighted by Gasteiger charge is -2.30. The summed E-state index contributed by atoms with van der Waals surface area (Å²) < 4.78 is 16.6. The van der Waals surface area contributed by atoms with E-state index in [1.807, 2.05) is 6.92 Å². The first kappa shape index (κ1) is 23.2. The van der Waals surface area contributed by atoms with Gasteiger partial charge in [0, 0.05) is 5.57 Å². The maximum atomic E-state index is 12.0. The molecule has 0 N–H and O–H groups in total. The van der Waals surface area contributed by atoms with E-state index in [0.717, 1.165) is 31.3 Å². The molecule has 7 nitrogen and oxygen atoms in total. The van der Waals surface area contributed by atoms with Crippen molar-refractivity contribution in [3.63, 3.8) is 0 Å². The van der Waals surface area contributed by atoms with Crippen molar-refractivity contribution in [3.8, 4) is 12.1 Å². The molecule has 0 aromatic carbocycles. The Hall–Kier alpha value is -2.80. The summed E-state index contributed by atoms with van der Waals surface area (Å²) in [5.41, 5.74) is 0.722. The Balaban J connectivity index is 3.31. The number of esters is 2. The fourth-order valence-electron chi connectivity index (χ4n) is 3.05. The van der Waals surface area contributed by atoms with Crippen LogP contribution >= 0.6 is 0 Å². The number of rotatable bonds is 10. The number of ether oxygens (including phenoxy) is 3. The van der Waals surface area contributed by atoms with Gasteiger partial charge in [0.1, 0.15) is 24.7 Å². The van der Waals surface area contributed by atoms with Crippen LogP contribution in [0.3, 0.4) is 0 Å². The summed E-state index contributed by atoms with van der Waals surface area (Å²) in [5.74, 6) is -0.694. The fourth-order valence-corrected chi connectivity index (χ4v) is 3.05. The molecule has 1 aliphatic heterocycles. The SMILES string of the molecule is CCCCC(CC)CC1=C(OC(=O)CC#N)C(OC(=O)CC#N)=C(C)OC1C.